The Hall–Kier alpha value is -1.03. The van der Waals surface area contributed by atoms with Crippen LogP contribution in [0.5, 0.6) is 0 Å². The molecular formula is C15H25ClN4. The lowest BCUT2D eigenvalue weighted by Gasteiger charge is -2.31. The van der Waals surface area contributed by atoms with Gasteiger partial charge in [-0.05, 0) is 25.2 Å². The number of hydrogen-bond acceptors (Lipinski definition) is 4. The molecular weight excluding hydrogens is 272 g/mol. The predicted octanol–water partition coefficient (Wildman–Crippen LogP) is 3.97. The predicted molar refractivity (Wildman–Crippen MR) is 85.6 cm³/mol. The largest absolute Gasteiger partial charge is 0.357 e. The first-order valence-electron chi connectivity index (χ1n) is 7.58. The van der Waals surface area contributed by atoms with Crippen molar-refractivity contribution in [3.05, 3.63) is 11.2 Å². The molecule has 5 heteroatoms. The zero-order valence-corrected chi connectivity index (χ0v) is 13.5. The highest BCUT2D eigenvalue weighted by Crippen LogP contribution is 2.32. The number of rotatable bonds is 6. The number of anilines is 2. The third kappa shape index (κ3) is 3.75. The van der Waals surface area contributed by atoms with Crippen LogP contribution in [-0.2, 0) is 0 Å². The van der Waals surface area contributed by atoms with Crippen molar-refractivity contribution in [1.29, 1.82) is 0 Å². The molecule has 112 valence electrons. The highest BCUT2D eigenvalue weighted by molar-refractivity contribution is 6.32. The maximum absolute atomic E-state index is 6.35. The Bertz CT molecular complexity index is 430. The Labute approximate surface area is 126 Å². The smallest absolute Gasteiger partial charge is 0.224 e. The third-order valence-electron chi connectivity index (χ3n) is 3.93. The summed E-state index contributed by atoms with van der Waals surface area (Å²) in [5.74, 6) is 2.21. The van der Waals surface area contributed by atoms with Crippen LogP contribution in [0.4, 0.5) is 11.8 Å². The number of halogens is 1. The molecule has 1 aromatic rings. The summed E-state index contributed by atoms with van der Waals surface area (Å²) < 4.78 is 0. The molecule has 1 aromatic heterocycles. The van der Waals surface area contributed by atoms with E-state index in [2.05, 4.69) is 34.0 Å². The minimum Gasteiger partial charge on any atom is -0.357 e. The van der Waals surface area contributed by atoms with Crippen LogP contribution in [0.25, 0.3) is 0 Å². The fraction of sp³-hybridized carbons (Fsp3) is 0.733. The first-order chi connectivity index (χ1) is 9.61. The summed E-state index contributed by atoms with van der Waals surface area (Å²) in [6.07, 6.45) is 7.97. The van der Waals surface area contributed by atoms with E-state index in [0.717, 1.165) is 18.8 Å². The van der Waals surface area contributed by atoms with Crippen molar-refractivity contribution in [1.82, 2.24) is 9.97 Å². The number of hydrogen-bond donors (Lipinski definition) is 1. The minimum absolute atomic E-state index is 0.575. The van der Waals surface area contributed by atoms with Crippen LogP contribution in [-0.4, -0.2) is 29.6 Å². The molecule has 1 aliphatic carbocycles. The summed E-state index contributed by atoms with van der Waals surface area (Å²) in [5, 5.41) is 3.65. The molecule has 1 aliphatic rings. The molecule has 0 bridgehead atoms. The molecule has 1 heterocycles. The molecule has 0 radical (unpaired) electrons. The van der Waals surface area contributed by atoms with E-state index in [1.807, 2.05) is 7.05 Å². The Morgan fingerprint density at radius 2 is 2.10 bits per heavy atom. The van der Waals surface area contributed by atoms with Crippen molar-refractivity contribution in [3.63, 3.8) is 0 Å². The van der Waals surface area contributed by atoms with Gasteiger partial charge in [0.05, 0.1) is 6.20 Å². The zero-order valence-electron chi connectivity index (χ0n) is 12.7. The van der Waals surface area contributed by atoms with E-state index in [9.17, 15) is 0 Å². The molecule has 0 spiro atoms. The summed E-state index contributed by atoms with van der Waals surface area (Å²) in [5.41, 5.74) is 0. The Morgan fingerprint density at radius 3 is 2.70 bits per heavy atom. The Kier molecular flexibility index (Phi) is 5.46. The van der Waals surface area contributed by atoms with E-state index in [1.54, 1.807) is 6.20 Å². The number of nitrogens with one attached hydrogen (secondary N) is 1. The van der Waals surface area contributed by atoms with E-state index >= 15 is 0 Å². The van der Waals surface area contributed by atoms with Gasteiger partial charge in [-0.15, -0.1) is 0 Å². The van der Waals surface area contributed by atoms with Crippen LogP contribution < -0.4 is 10.2 Å². The molecule has 0 aliphatic heterocycles. The van der Waals surface area contributed by atoms with Crippen molar-refractivity contribution >= 4 is 23.4 Å². The summed E-state index contributed by atoms with van der Waals surface area (Å²) in [6, 6.07) is 0.575. The first-order valence-corrected chi connectivity index (χ1v) is 7.96. The average Bonchev–Trinajstić information content (AvgIpc) is 2.94. The number of nitrogens with zero attached hydrogens (tertiary/aromatic N) is 3. The maximum atomic E-state index is 6.35. The molecule has 1 N–H and O–H groups in total. The second-order valence-electron chi connectivity index (χ2n) is 5.93. The molecule has 0 unspecified atom stereocenters. The van der Waals surface area contributed by atoms with Crippen molar-refractivity contribution < 1.29 is 0 Å². The van der Waals surface area contributed by atoms with Crippen molar-refractivity contribution in [3.8, 4) is 0 Å². The lowest BCUT2D eigenvalue weighted by molar-refractivity contribution is 0.525. The van der Waals surface area contributed by atoms with Gasteiger partial charge in [-0.2, -0.15) is 4.98 Å². The van der Waals surface area contributed by atoms with E-state index < -0.39 is 0 Å². The summed E-state index contributed by atoms with van der Waals surface area (Å²) in [4.78, 5) is 11.2. The van der Waals surface area contributed by atoms with Gasteiger partial charge >= 0.3 is 0 Å². The van der Waals surface area contributed by atoms with Gasteiger partial charge in [0.15, 0.2) is 5.82 Å². The van der Waals surface area contributed by atoms with Gasteiger partial charge in [0.2, 0.25) is 5.95 Å². The van der Waals surface area contributed by atoms with E-state index in [1.165, 1.54) is 25.7 Å². The highest BCUT2D eigenvalue weighted by Gasteiger charge is 2.25. The molecule has 0 aromatic carbocycles. The van der Waals surface area contributed by atoms with Crippen molar-refractivity contribution in [2.45, 2.75) is 52.0 Å². The fourth-order valence-corrected chi connectivity index (χ4v) is 2.95. The van der Waals surface area contributed by atoms with Gasteiger partial charge in [-0.3, -0.25) is 0 Å². The summed E-state index contributed by atoms with van der Waals surface area (Å²) in [6.45, 7) is 5.53. The van der Waals surface area contributed by atoms with Gasteiger partial charge < -0.3 is 10.2 Å². The topological polar surface area (TPSA) is 41.1 Å². The summed E-state index contributed by atoms with van der Waals surface area (Å²) in [7, 11) is 1.83. The lowest BCUT2D eigenvalue weighted by atomic mass is 10.1. The molecule has 2 rings (SSSR count). The fourth-order valence-electron chi connectivity index (χ4n) is 2.75. The molecule has 0 saturated heterocycles. The third-order valence-corrected chi connectivity index (χ3v) is 4.20. The van der Waals surface area contributed by atoms with E-state index in [4.69, 9.17) is 11.6 Å². The monoisotopic (exact) mass is 296 g/mol. The van der Waals surface area contributed by atoms with Gasteiger partial charge in [0, 0.05) is 19.6 Å². The Balaban J connectivity index is 2.24. The standard InChI is InChI=1S/C15H25ClN4/c1-11(2)8-9-20(12-6-4-5-7-12)14-13(16)10-18-15(17-3)19-14/h10-12H,4-9H2,1-3H3,(H,17,18,19). The summed E-state index contributed by atoms with van der Waals surface area (Å²) >= 11 is 6.35. The number of aromatic nitrogens is 2. The van der Waals surface area contributed by atoms with E-state index in [0.29, 0.717) is 22.9 Å². The van der Waals surface area contributed by atoms with Crippen molar-refractivity contribution in [2.24, 2.45) is 5.92 Å². The second kappa shape index (κ2) is 7.11. The van der Waals surface area contributed by atoms with Crippen LogP contribution in [0.2, 0.25) is 5.02 Å². The zero-order chi connectivity index (χ0) is 14.5. The van der Waals surface area contributed by atoms with Gasteiger partial charge in [0.1, 0.15) is 5.02 Å². The maximum Gasteiger partial charge on any atom is 0.224 e. The van der Waals surface area contributed by atoms with Crippen LogP contribution in [0.1, 0.15) is 46.0 Å². The molecule has 0 atom stereocenters. The van der Waals surface area contributed by atoms with Crippen LogP contribution in [0.3, 0.4) is 0 Å². The first kappa shape index (κ1) is 15.4. The van der Waals surface area contributed by atoms with Crippen LogP contribution in [0, 0.1) is 5.92 Å². The van der Waals surface area contributed by atoms with Crippen LogP contribution >= 0.6 is 11.6 Å². The van der Waals surface area contributed by atoms with Gasteiger partial charge in [0.25, 0.3) is 0 Å². The van der Waals surface area contributed by atoms with Crippen LogP contribution in [0.15, 0.2) is 6.20 Å². The molecule has 1 saturated carbocycles. The normalized spacial score (nSPS) is 15.8. The van der Waals surface area contributed by atoms with Crippen molar-refractivity contribution in [2.75, 3.05) is 23.8 Å². The van der Waals surface area contributed by atoms with Gasteiger partial charge in [-0.1, -0.05) is 38.3 Å². The molecule has 1 fully saturated rings. The Morgan fingerprint density at radius 1 is 1.40 bits per heavy atom. The quantitative estimate of drug-likeness (QED) is 0.862. The van der Waals surface area contributed by atoms with Gasteiger partial charge in [-0.25, -0.2) is 4.98 Å². The highest BCUT2D eigenvalue weighted by atomic mass is 35.5. The SMILES string of the molecule is CNc1ncc(Cl)c(N(CCC(C)C)C2CCCC2)n1. The van der Waals surface area contributed by atoms with E-state index in [-0.39, 0.29) is 0 Å². The molecule has 0 amide bonds. The average molecular weight is 297 g/mol. The molecule has 4 nitrogen and oxygen atoms in total. The lowest BCUT2D eigenvalue weighted by Crippen LogP contribution is -2.35. The molecule has 20 heavy (non-hydrogen) atoms. The minimum atomic E-state index is 0.575. The second-order valence-corrected chi connectivity index (χ2v) is 6.34.